The molecule has 0 unspecified atom stereocenters. The molecule has 2 aliphatic heterocycles. The normalized spacial score (nSPS) is 26.6. The summed E-state index contributed by atoms with van der Waals surface area (Å²) < 4.78 is 27.1. The third-order valence-corrected chi connectivity index (χ3v) is 5.45. The van der Waals surface area contributed by atoms with Crippen LogP contribution in [-0.2, 0) is 13.6 Å². The molecule has 0 radical (unpaired) electrons. The van der Waals surface area contributed by atoms with Crippen LogP contribution in [0.4, 0.5) is 11.5 Å². The number of phosphoric ester groups is 1. The van der Waals surface area contributed by atoms with E-state index in [0.717, 1.165) is 11.1 Å². The third-order valence-electron chi connectivity index (χ3n) is 4.50. The molecular formula is C17H19N4O5P. The lowest BCUT2D eigenvalue weighted by molar-refractivity contribution is 0.0846. The van der Waals surface area contributed by atoms with Crippen molar-refractivity contribution in [3.8, 4) is 5.88 Å². The minimum Gasteiger partial charge on any atom is -0.463 e. The summed E-state index contributed by atoms with van der Waals surface area (Å²) in [4.78, 5) is 22.0. The largest absolute Gasteiger partial charge is 0.472 e. The summed E-state index contributed by atoms with van der Waals surface area (Å²) in [6, 6.07) is 7.66. The van der Waals surface area contributed by atoms with E-state index in [0.29, 0.717) is 17.3 Å². The van der Waals surface area contributed by atoms with Gasteiger partial charge in [-0.1, -0.05) is 24.3 Å². The lowest BCUT2D eigenvalue weighted by Crippen LogP contribution is -2.41. The molecule has 142 valence electrons. The van der Waals surface area contributed by atoms with Gasteiger partial charge < -0.3 is 15.4 Å². The smallest absolute Gasteiger partial charge is 0.463 e. The predicted octanol–water partition coefficient (Wildman–Crippen LogP) is 2.58. The zero-order valence-corrected chi connectivity index (χ0v) is 15.7. The molecule has 0 amide bonds. The van der Waals surface area contributed by atoms with Crippen LogP contribution in [0.5, 0.6) is 5.88 Å². The highest BCUT2D eigenvalue weighted by molar-refractivity contribution is 7.47. The number of anilines is 1. The van der Waals surface area contributed by atoms with Gasteiger partial charge in [-0.2, -0.15) is 4.98 Å². The van der Waals surface area contributed by atoms with Crippen LogP contribution in [0.1, 0.15) is 30.9 Å². The number of nitrogen functional groups attached to an aromatic ring is 1. The highest BCUT2D eigenvalue weighted by atomic mass is 31.2. The van der Waals surface area contributed by atoms with Gasteiger partial charge in [0, 0.05) is 11.5 Å². The minimum atomic E-state index is -3.89. The Hall–Kier alpha value is -2.32. The molecule has 2 aliphatic rings. The molecule has 9 nitrogen and oxygen atoms in total. The fourth-order valence-corrected chi connectivity index (χ4v) is 3.87. The van der Waals surface area contributed by atoms with Gasteiger partial charge in [-0.25, -0.2) is 14.5 Å². The molecular weight excluding hydrogens is 371 g/mol. The second-order valence-corrected chi connectivity index (χ2v) is 8.32. The van der Waals surface area contributed by atoms with Crippen molar-refractivity contribution in [1.29, 1.82) is 0 Å². The lowest BCUT2D eigenvalue weighted by atomic mass is 9.91. The standard InChI is InChI=1S/C17H19N4O5P/c1-17(2)14(21-13-15(18)19-9-20-16(13)26-17)11-5-3-10(4-6-11)12-7-24-27(22,23)25-8-12/h3-6,9,12H,7-8H2,1-2H3,(H,22,23)(H2,18,19,20). The summed E-state index contributed by atoms with van der Waals surface area (Å²) in [5.74, 6) is 0.503. The Morgan fingerprint density at radius 3 is 2.52 bits per heavy atom. The summed E-state index contributed by atoms with van der Waals surface area (Å²) in [7, 11) is -3.89. The van der Waals surface area contributed by atoms with E-state index in [-0.39, 0.29) is 24.9 Å². The summed E-state index contributed by atoms with van der Waals surface area (Å²) in [5.41, 5.74) is 8.14. The fourth-order valence-electron chi connectivity index (χ4n) is 3.06. The summed E-state index contributed by atoms with van der Waals surface area (Å²) in [6.45, 7) is 4.07. The van der Waals surface area contributed by atoms with Crippen LogP contribution in [0.15, 0.2) is 35.6 Å². The van der Waals surface area contributed by atoms with E-state index in [1.165, 1.54) is 6.33 Å². The Bertz CT molecular complexity index is 948. The molecule has 10 heteroatoms. The van der Waals surface area contributed by atoms with Gasteiger partial charge in [0.05, 0.1) is 18.9 Å². The molecule has 0 spiro atoms. The van der Waals surface area contributed by atoms with Crippen molar-refractivity contribution in [2.75, 3.05) is 18.9 Å². The molecule has 0 saturated carbocycles. The van der Waals surface area contributed by atoms with Crippen molar-refractivity contribution in [2.45, 2.75) is 25.4 Å². The van der Waals surface area contributed by atoms with Gasteiger partial charge in [0.2, 0.25) is 5.88 Å². The predicted molar refractivity (Wildman–Crippen MR) is 98.3 cm³/mol. The van der Waals surface area contributed by atoms with Crippen LogP contribution in [0.3, 0.4) is 0 Å². The zero-order chi connectivity index (χ0) is 19.2. The van der Waals surface area contributed by atoms with Crippen molar-refractivity contribution >= 4 is 25.0 Å². The number of phosphoric acid groups is 1. The van der Waals surface area contributed by atoms with E-state index < -0.39 is 13.4 Å². The van der Waals surface area contributed by atoms with E-state index in [1.807, 2.05) is 38.1 Å². The summed E-state index contributed by atoms with van der Waals surface area (Å²) >= 11 is 0. The maximum atomic E-state index is 11.3. The SMILES string of the molecule is CC1(C)Oc2ncnc(N)c2N=C1c1ccc(C2COP(=O)(O)OC2)cc1. The average molecular weight is 390 g/mol. The second-order valence-electron chi connectivity index (χ2n) is 6.86. The minimum absolute atomic E-state index is 0.115. The summed E-state index contributed by atoms with van der Waals surface area (Å²) in [5, 5.41) is 0. The van der Waals surface area contributed by atoms with Gasteiger partial charge >= 0.3 is 7.82 Å². The number of aromatic nitrogens is 2. The van der Waals surface area contributed by atoms with Crippen LogP contribution < -0.4 is 10.5 Å². The number of fused-ring (bicyclic) bond motifs is 1. The number of hydrogen-bond acceptors (Lipinski definition) is 8. The van der Waals surface area contributed by atoms with Crippen LogP contribution in [0.2, 0.25) is 0 Å². The van der Waals surface area contributed by atoms with E-state index in [1.54, 1.807) is 0 Å². The van der Waals surface area contributed by atoms with Crippen molar-refractivity contribution in [2.24, 2.45) is 4.99 Å². The monoisotopic (exact) mass is 390 g/mol. The van der Waals surface area contributed by atoms with Gasteiger partial charge in [0.15, 0.2) is 11.5 Å². The van der Waals surface area contributed by atoms with E-state index in [9.17, 15) is 9.46 Å². The van der Waals surface area contributed by atoms with Crippen LogP contribution in [-0.4, -0.2) is 39.4 Å². The van der Waals surface area contributed by atoms with Crippen LogP contribution >= 0.6 is 7.82 Å². The van der Waals surface area contributed by atoms with Gasteiger partial charge in [-0.15, -0.1) is 0 Å². The molecule has 1 fully saturated rings. The Balaban J connectivity index is 1.63. The van der Waals surface area contributed by atoms with Crippen LogP contribution in [0, 0.1) is 0 Å². The molecule has 0 atom stereocenters. The Morgan fingerprint density at radius 2 is 1.85 bits per heavy atom. The Labute approximate surface area is 155 Å². The Morgan fingerprint density at radius 1 is 1.19 bits per heavy atom. The number of nitrogens with two attached hydrogens (primary N) is 1. The van der Waals surface area contributed by atoms with Crippen molar-refractivity contribution in [3.05, 3.63) is 41.7 Å². The third kappa shape index (κ3) is 3.46. The first-order valence-electron chi connectivity index (χ1n) is 8.36. The number of nitrogens with zero attached hydrogens (tertiary/aromatic N) is 3. The van der Waals surface area contributed by atoms with Gasteiger partial charge in [-0.3, -0.25) is 9.05 Å². The topological polar surface area (TPSA) is 129 Å². The van der Waals surface area contributed by atoms with Gasteiger partial charge in [0.25, 0.3) is 0 Å². The zero-order valence-electron chi connectivity index (χ0n) is 14.8. The van der Waals surface area contributed by atoms with E-state index in [2.05, 4.69) is 15.0 Å². The molecule has 4 rings (SSSR count). The lowest BCUT2D eigenvalue weighted by Gasteiger charge is -2.32. The molecule has 1 aromatic carbocycles. The van der Waals surface area contributed by atoms with E-state index in [4.69, 9.17) is 19.5 Å². The molecule has 0 bridgehead atoms. The number of ether oxygens (including phenoxy) is 1. The van der Waals surface area contributed by atoms with Crippen molar-refractivity contribution in [1.82, 2.24) is 9.97 Å². The van der Waals surface area contributed by atoms with Crippen molar-refractivity contribution < 1.29 is 23.2 Å². The van der Waals surface area contributed by atoms with Gasteiger partial charge in [-0.05, 0) is 19.4 Å². The first-order valence-corrected chi connectivity index (χ1v) is 9.85. The number of aliphatic imine (C=N–C) groups is 1. The molecule has 27 heavy (non-hydrogen) atoms. The molecule has 1 aromatic heterocycles. The maximum Gasteiger partial charge on any atom is 0.472 e. The average Bonchev–Trinajstić information content (AvgIpc) is 2.61. The molecule has 1 saturated heterocycles. The maximum absolute atomic E-state index is 11.3. The van der Waals surface area contributed by atoms with Crippen LogP contribution in [0.25, 0.3) is 0 Å². The highest BCUT2D eigenvalue weighted by Crippen LogP contribution is 2.48. The highest BCUT2D eigenvalue weighted by Gasteiger charge is 2.35. The Kier molecular flexibility index (Phi) is 4.27. The molecule has 2 aromatic rings. The molecule has 3 heterocycles. The number of rotatable bonds is 2. The molecule has 3 N–H and O–H groups in total. The first-order chi connectivity index (χ1) is 12.8. The van der Waals surface area contributed by atoms with E-state index >= 15 is 0 Å². The number of hydrogen-bond donors (Lipinski definition) is 2. The quantitative estimate of drug-likeness (QED) is 0.749. The first kappa shape index (κ1) is 18.1. The van der Waals surface area contributed by atoms with Gasteiger partial charge in [0.1, 0.15) is 11.9 Å². The fraction of sp³-hybridized carbons (Fsp3) is 0.353. The summed E-state index contributed by atoms with van der Waals surface area (Å²) in [6.07, 6.45) is 1.35. The second kappa shape index (κ2) is 6.38. The number of benzene rings is 1. The van der Waals surface area contributed by atoms with Crippen molar-refractivity contribution in [3.63, 3.8) is 0 Å². The molecule has 0 aliphatic carbocycles.